The Morgan fingerprint density at radius 3 is 2.13 bits per heavy atom. The van der Waals surface area contributed by atoms with Crippen molar-refractivity contribution in [3.8, 4) is 0 Å². The van der Waals surface area contributed by atoms with Gasteiger partial charge in [-0.05, 0) is 57.0 Å². The van der Waals surface area contributed by atoms with Crippen molar-refractivity contribution in [1.29, 1.82) is 0 Å². The Hall–Kier alpha value is -3.72. The Morgan fingerprint density at radius 1 is 0.921 bits per heavy atom. The van der Waals surface area contributed by atoms with Gasteiger partial charge >= 0.3 is 0 Å². The minimum absolute atomic E-state index is 0.0728. The van der Waals surface area contributed by atoms with Gasteiger partial charge in [0.05, 0.1) is 10.6 Å². The van der Waals surface area contributed by atoms with Crippen LogP contribution in [-0.4, -0.2) is 43.8 Å². The van der Waals surface area contributed by atoms with Gasteiger partial charge in [0.25, 0.3) is 10.0 Å². The second-order valence-corrected chi connectivity index (χ2v) is 11.1. The van der Waals surface area contributed by atoms with Gasteiger partial charge in [-0.2, -0.15) is 0 Å². The molecular formula is C29H34FN3O4S. The van der Waals surface area contributed by atoms with Crippen LogP contribution in [0.1, 0.15) is 38.3 Å². The van der Waals surface area contributed by atoms with Crippen LogP contribution >= 0.6 is 0 Å². The van der Waals surface area contributed by atoms with E-state index < -0.39 is 34.3 Å². The molecule has 0 aliphatic heterocycles. The molecule has 2 amide bonds. The van der Waals surface area contributed by atoms with Crippen molar-refractivity contribution in [2.45, 2.75) is 57.6 Å². The molecule has 0 spiro atoms. The number of benzene rings is 3. The summed E-state index contributed by atoms with van der Waals surface area (Å²) in [5, 5.41) is 2.88. The predicted molar refractivity (Wildman–Crippen MR) is 146 cm³/mol. The third-order valence-corrected chi connectivity index (χ3v) is 8.15. The van der Waals surface area contributed by atoms with Crippen LogP contribution in [0.15, 0.2) is 83.8 Å². The number of nitrogens with zero attached hydrogens (tertiary/aromatic N) is 2. The molecule has 2 atom stereocenters. The number of aryl methyl sites for hydroxylation is 1. The van der Waals surface area contributed by atoms with E-state index in [0.717, 1.165) is 21.5 Å². The van der Waals surface area contributed by atoms with Gasteiger partial charge in [0, 0.05) is 12.6 Å². The molecule has 0 radical (unpaired) electrons. The van der Waals surface area contributed by atoms with Gasteiger partial charge in [0.2, 0.25) is 11.8 Å². The lowest BCUT2D eigenvalue weighted by Gasteiger charge is -2.32. The van der Waals surface area contributed by atoms with E-state index in [4.69, 9.17) is 0 Å². The van der Waals surface area contributed by atoms with Crippen molar-refractivity contribution in [2.75, 3.05) is 10.8 Å². The third-order valence-electron chi connectivity index (χ3n) is 6.37. The number of rotatable bonds is 11. The largest absolute Gasteiger partial charge is 0.352 e. The molecule has 1 N–H and O–H groups in total. The molecule has 0 fully saturated rings. The summed E-state index contributed by atoms with van der Waals surface area (Å²) in [6.45, 7) is 6.60. The fraction of sp³-hybridized carbons (Fsp3) is 0.310. The SMILES string of the molecule is CC[C@H](C)NC(=O)[C@@H](C)N(Cc1ccccc1)C(=O)CN(c1ccccc1F)S(=O)(=O)c1ccc(C)cc1. The Bertz CT molecular complexity index is 1350. The summed E-state index contributed by atoms with van der Waals surface area (Å²) in [4.78, 5) is 28.1. The maximum Gasteiger partial charge on any atom is 0.264 e. The van der Waals surface area contributed by atoms with Crippen molar-refractivity contribution in [1.82, 2.24) is 10.2 Å². The molecule has 3 aromatic carbocycles. The van der Waals surface area contributed by atoms with Crippen LogP contribution in [0, 0.1) is 12.7 Å². The normalized spacial score (nSPS) is 12.9. The third kappa shape index (κ3) is 6.98. The highest BCUT2D eigenvalue weighted by atomic mass is 32.2. The number of hydrogen-bond acceptors (Lipinski definition) is 4. The quantitative estimate of drug-likeness (QED) is 0.384. The molecule has 0 saturated heterocycles. The van der Waals surface area contributed by atoms with Crippen molar-refractivity contribution in [2.24, 2.45) is 0 Å². The molecule has 0 aliphatic rings. The first-order valence-corrected chi connectivity index (χ1v) is 14.0. The van der Waals surface area contributed by atoms with E-state index in [0.29, 0.717) is 6.42 Å². The maximum absolute atomic E-state index is 14.9. The fourth-order valence-electron chi connectivity index (χ4n) is 3.83. The number of halogens is 1. The van der Waals surface area contributed by atoms with E-state index in [1.807, 2.05) is 51.1 Å². The molecule has 38 heavy (non-hydrogen) atoms. The van der Waals surface area contributed by atoms with Crippen molar-refractivity contribution >= 4 is 27.5 Å². The zero-order valence-electron chi connectivity index (χ0n) is 22.1. The maximum atomic E-state index is 14.9. The van der Waals surface area contributed by atoms with Crippen LogP contribution in [-0.2, 0) is 26.2 Å². The van der Waals surface area contributed by atoms with Crippen molar-refractivity contribution < 1.29 is 22.4 Å². The number of nitrogens with one attached hydrogen (secondary N) is 1. The number of para-hydroxylation sites is 1. The summed E-state index contributed by atoms with van der Waals surface area (Å²) < 4.78 is 43.1. The first-order valence-electron chi connectivity index (χ1n) is 12.5. The minimum atomic E-state index is -4.32. The standard InChI is InChI=1S/C29H34FN3O4S/c1-5-22(3)31-29(35)23(4)32(19-24-11-7-6-8-12-24)28(34)20-33(27-14-10-9-13-26(27)30)38(36,37)25-17-15-21(2)16-18-25/h6-18,22-23H,5,19-20H2,1-4H3,(H,31,35)/t22-,23+/m0/s1. The van der Waals surface area contributed by atoms with Gasteiger partial charge in [-0.3, -0.25) is 13.9 Å². The van der Waals surface area contributed by atoms with Crippen LogP contribution in [0.2, 0.25) is 0 Å². The van der Waals surface area contributed by atoms with Crippen LogP contribution in [0.25, 0.3) is 0 Å². The lowest BCUT2D eigenvalue weighted by Crippen LogP contribution is -2.52. The van der Waals surface area contributed by atoms with Gasteiger partial charge in [-0.1, -0.05) is 67.1 Å². The number of anilines is 1. The molecule has 0 unspecified atom stereocenters. The molecule has 0 saturated carbocycles. The molecule has 0 aliphatic carbocycles. The van der Waals surface area contributed by atoms with Crippen LogP contribution < -0.4 is 9.62 Å². The van der Waals surface area contributed by atoms with E-state index in [-0.39, 0.29) is 29.1 Å². The van der Waals surface area contributed by atoms with E-state index in [1.54, 1.807) is 19.1 Å². The van der Waals surface area contributed by atoms with E-state index in [2.05, 4.69) is 5.32 Å². The number of carbonyl (C=O) groups excluding carboxylic acids is 2. The average Bonchev–Trinajstić information content (AvgIpc) is 2.91. The van der Waals surface area contributed by atoms with Gasteiger partial charge < -0.3 is 10.2 Å². The van der Waals surface area contributed by atoms with Crippen LogP contribution in [0.5, 0.6) is 0 Å². The molecule has 3 rings (SSSR count). The highest BCUT2D eigenvalue weighted by Crippen LogP contribution is 2.27. The molecule has 0 bridgehead atoms. The van der Waals surface area contributed by atoms with E-state index in [9.17, 15) is 22.4 Å². The molecule has 0 aromatic heterocycles. The minimum Gasteiger partial charge on any atom is -0.352 e. The Morgan fingerprint density at radius 2 is 1.53 bits per heavy atom. The lowest BCUT2D eigenvalue weighted by molar-refractivity contribution is -0.139. The number of hydrogen-bond donors (Lipinski definition) is 1. The Labute approximate surface area is 224 Å². The van der Waals surface area contributed by atoms with Gasteiger partial charge in [0.1, 0.15) is 18.4 Å². The topological polar surface area (TPSA) is 86.8 Å². The van der Waals surface area contributed by atoms with E-state index >= 15 is 0 Å². The Kier molecular flexibility index (Phi) is 9.63. The summed E-state index contributed by atoms with van der Waals surface area (Å²) in [5.41, 5.74) is 1.37. The lowest BCUT2D eigenvalue weighted by atomic mass is 10.1. The molecule has 202 valence electrons. The molecular weight excluding hydrogens is 505 g/mol. The highest BCUT2D eigenvalue weighted by Gasteiger charge is 2.33. The summed E-state index contributed by atoms with van der Waals surface area (Å²) in [6.07, 6.45) is 0.709. The number of amides is 2. The fourth-order valence-corrected chi connectivity index (χ4v) is 5.25. The molecule has 0 heterocycles. The molecule has 7 nitrogen and oxygen atoms in total. The second-order valence-electron chi connectivity index (χ2n) is 9.28. The van der Waals surface area contributed by atoms with Crippen molar-refractivity contribution in [3.05, 3.63) is 95.8 Å². The second kappa shape index (κ2) is 12.7. The Balaban J connectivity index is 2.02. The number of carbonyl (C=O) groups is 2. The van der Waals surface area contributed by atoms with Crippen molar-refractivity contribution in [3.63, 3.8) is 0 Å². The highest BCUT2D eigenvalue weighted by molar-refractivity contribution is 7.92. The summed E-state index contributed by atoms with van der Waals surface area (Å²) >= 11 is 0. The zero-order chi connectivity index (χ0) is 27.9. The van der Waals surface area contributed by atoms with Crippen LogP contribution in [0.3, 0.4) is 0 Å². The van der Waals surface area contributed by atoms with E-state index in [1.165, 1.54) is 35.2 Å². The van der Waals surface area contributed by atoms with Crippen LogP contribution in [0.4, 0.5) is 10.1 Å². The molecule has 3 aromatic rings. The van der Waals surface area contributed by atoms with Gasteiger partial charge in [0.15, 0.2) is 0 Å². The monoisotopic (exact) mass is 539 g/mol. The van der Waals surface area contributed by atoms with Gasteiger partial charge in [-0.15, -0.1) is 0 Å². The average molecular weight is 540 g/mol. The first kappa shape index (κ1) is 28.8. The van der Waals surface area contributed by atoms with Gasteiger partial charge in [-0.25, -0.2) is 12.8 Å². The number of sulfonamides is 1. The molecule has 9 heteroatoms. The summed E-state index contributed by atoms with van der Waals surface area (Å²) in [5.74, 6) is -1.78. The predicted octanol–water partition coefficient (Wildman–Crippen LogP) is 4.66. The summed E-state index contributed by atoms with van der Waals surface area (Å²) in [7, 11) is -4.32. The smallest absolute Gasteiger partial charge is 0.264 e. The zero-order valence-corrected chi connectivity index (χ0v) is 22.9. The first-order chi connectivity index (χ1) is 18.0. The summed E-state index contributed by atoms with van der Waals surface area (Å²) in [6, 6.07) is 19.6.